The van der Waals surface area contributed by atoms with Crippen LogP contribution in [0.4, 0.5) is 0 Å². The van der Waals surface area contributed by atoms with Crippen LogP contribution in [0.1, 0.15) is 24.5 Å². The summed E-state index contributed by atoms with van der Waals surface area (Å²) in [5.74, 6) is 2.11. The van der Waals surface area contributed by atoms with Crippen molar-refractivity contribution in [3.63, 3.8) is 0 Å². The van der Waals surface area contributed by atoms with E-state index in [0.29, 0.717) is 12.5 Å². The summed E-state index contributed by atoms with van der Waals surface area (Å²) in [6, 6.07) is 18.0. The minimum Gasteiger partial charge on any atom is -0.496 e. The summed E-state index contributed by atoms with van der Waals surface area (Å²) in [5, 5.41) is 0. The van der Waals surface area contributed by atoms with Crippen molar-refractivity contribution in [2.24, 2.45) is 0 Å². The highest BCUT2D eigenvalue weighted by Crippen LogP contribution is 2.35. The Morgan fingerprint density at radius 2 is 1.79 bits per heavy atom. The fraction of sp³-hybridized carbons (Fsp3) is 0.333. The fourth-order valence-corrected chi connectivity index (χ4v) is 3.99. The molecule has 1 atom stereocenters. The Hall–Kier alpha value is -2.92. The number of methoxy groups -OCH3 is 1. The molecule has 0 bridgehead atoms. The molecule has 1 fully saturated rings. The number of hydrogen-bond acceptors (Lipinski definition) is 5. The molecule has 1 saturated heterocycles. The summed E-state index contributed by atoms with van der Waals surface area (Å²) in [4.78, 5) is 11.9. The first-order valence-electron chi connectivity index (χ1n) is 10.2. The zero-order valence-corrected chi connectivity index (χ0v) is 16.8. The van der Waals surface area contributed by atoms with E-state index in [0.717, 1.165) is 60.9 Å². The van der Waals surface area contributed by atoms with E-state index in [9.17, 15) is 0 Å². The van der Waals surface area contributed by atoms with Crippen LogP contribution in [0.5, 0.6) is 11.5 Å². The monoisotopic (exact) mass is 389 g/mol. The third-order valence-corrected chi connectivity index (χ3v) is 5.40. The maximum Gasteiger partial charge on any atom is 0.128 e. The van der Waals surface area contributed by atoms with Crippen molar-refractivity contribution in [2.45, 2.75) is 18.8 Å². The maximum absolute atomic E-state index is 5.89. The molecule has 29 heavy (non-hydrogen) atoms. The topological polar surface area (TPSA) is 47.5 Å². The van der Waals surface area contributed by atoms with Gasteiger partial charge in [0.1, 0.15) is 18.1 Å². The van der Waals surface area contributed by atoms with Crippen LogP contribution >= 0.6 is 0 Å². The molecule has 0 unspecified atom stereocenters. The summed E-state index contributed by atoms with van der Waals surface area (Å²) in [6.45, 7) is 3.67. The van der Waals surface area contributed by atoms with Gasteiger partial charge in [-0.25, -0.2) is 0 Å². The molecule has 2 aromatic carbocycles. The van der Waals surface area contributed by atoms with Crippen molar-refractivity contribution in [2.75, 3.05) is 33.4 Å². The van der Waals surface area contributed by atoms with E-state index in [1.54, 1.807) is 19.5 Å². The Kier molecular flexibility index (Phi) is 6.37. The summed E-state index contributed by atoms with van der Waals surface area (Å²) in [5.41, 5.74) is 2.99. The summed E-state index contributed by atoms with van der Waals surface area (Å²) >= 11 is 0. The molecule has 0 N–H and O–H groups in total. The van der Waals surface area contributed by atoms with Crippen LogP contribution in [0.15, 0.2) is 67.0 Å². The van der Waals surface area contributed by atoms with Crippen LogP contribution in [0.25, 0.3) is 11.3 Å². The largest absolute Gasteiger partial charge is 0.496 e. The second-order valence-electron chi connectivity index (χ2n) is 7.29. The van der Waals surface area contributed by atoms with E-state index in [4.69, 9.17) is 14.5 Å². The number of hydrogen-bond donors (Lipinski definition) is 0. The lowest BCUT2D eigenvalue weighted by Crippen LogP contribution is -2.37. The van der Waals surface area contributed by atoms with E-state index < -0.39 is 0 Å². The Morgan fingerprint density at radius 3 is 2.66 bits per heavy atom. The first-order chi connectivity index (χ1) is 14.3. The average molecular weight is 389 g/mol. The van der Waals surface area contributed by atoms with Gasteiger partial charge < -0.3 is 9.47 Å². The second kappa shape index (κ2) is 9.52. The van der Waals surface area contributed by atoms with Crippen molar-refractivity contribution in [1.82, 2.24) is 14.9 Å². The number of likely N-dealkylation sites (tertiary alicyclic amines) is 1. The molecular formula is C24H27N3O2. The maximum atomic E-state index is 5.89. The molecule has 0 spiro atoms. The highest BCUT2D eigenvalue weighted by atomic mass is 16.5. The zero-order valence-electron chi connectivity index (χ0n) is 16.8. The molecular weight excluding hydrogens is 362 g/mol. The Labute approximate surface area is 172 Å². The van der Waals surface area contributed by atoms with Crippen LogP contribution in [-0.4, -0.2) is 48.2 Å². The van der Waals surface area contributed by atoms with Crippen LogP contribution in [0, 0.1) is 0 Å². The van der Waals surface area contributed by atoms with Gasteiger partial charge in [-0.2, -0.15) is 0 Å². The highest BCUT2D eigenvalue weighted by Gasteiger charge is 2.26. The van der Waals surface area contributed by atoms with Crippen LogP contribution < -0.4 is 9.47 Å². The molecule has 1 aromatic heterocycles. The van der Waals surface area contributed by atoms with Gasteiger partial charge in [0.05, 0.1) is 18.5 Å². The fourth-order valence-electron chi connectivity index (χ4n) is 3.99. The van der Waals surface area contributed by atoms with Gasteiger partial charge in [-0.1, -0.05) is 30.3 Å². The second-order valence-corrected chi connectivity index (χ2v) is 7.29. The molecule has 0 aliphatic carbocycles. The van der Waals surface area contributed by atoms with E-state index >= 15 is 0 Å². The van der Waals surface area contributed by atoms with Crippen molar-refractivity contribution in [3.05, 3.63) is 72.7 Å². The predicted octanol–water partition coefficient (Wildman–Crippen LogP) is 4.41. The lowest BCUT2D eigenvalue weighted by molar-refractivity contribution is 0.169. The van der Waals surface area contributed by atoms with Gasteiger partial charge in [0.15, 0.2) is 0 Å². The molecule has 1 aliphatic rings. The summed E-state index contributed by atoms with van der Waals surface area (Å²) in [6.07, 6.45) is 5.83. The molecule has 0 amide bonds. The van der Waals surface area contributed by atoms with Gasteiger partial charge in [-0.05, 0) is 43.7 Å². The average Bonchev–Trinajstić information content (AvgIpc) is 2.80. The summed E-state index contributed by atoms with van der Waals surface area (Å²) in [7, 11) is 1.70. The van der Waals surface area contributed by atoms with E-state index in [1.165, 1.54) is 0 Å². The first kappa shape index (κ1) is 19.4. The first-order valence-corrected chi connectivity index (χ1v) is 10.2. The smallest absolute Gasteiger partial charge is 0.128 e. The highest BCUT2D eigenvalue weighted by molar-refractivity contribution is 5.69. The Bertz CT molecular complexity index is 917. The van der Waals surface area contributed by atoms with E-state index in [2.05, 4.69) is 16.0 Å². The lowest BCUT2D eigenvalue weighted by Gasteiger charge is -2.33. The number of para-hydroxylation sites is 2. The van der Waals surface area contributed by atoms with Crippen LogP contribution in [0.2, 0.25) is 0 Å². The lowest BCUT2D eigenvalue weighted by atomic mass is 9.91. The predicted molar refractivity (Wildman–Crippen MR) is 114 cm³/mol. The van der Waals surface area contributed by atoms with Gasteiger partial charge in [0, 0.05) is 37.0 Å². The molecule has 0 saturated carbocycles. The van der Waals surface area contributed by atoms with E-state index in [-0.39, 0.29) is 0 Å². The van der Waals surface area contributed by atoms with Gasteiger partial charge in [0.25, 0.3) is 0 Å². The minimum absolute atomic E-state index is 0.356. The third kappa shape index (κ3) is 4.74. The Morgan fingerprint density at radius 1 is 1.00 bits per heavy atom. The van der Waals surface area contributed by atoms with Gasteiger partial charge in [-0.3, -0.25) is 14.9 Å². The third-order valence-electron chi connectivity index (χ3n) is 5.40. The van der Waals surface area contributed by atoms with Crippen LogP contribution in [-0.2, 0) is 0 Å². The number of ether oxygens (including phenoxy) is 2. The standard InChI is InChI=1S/C24H27N3O2/c1-28-22-12-6-5-11-21(22)24-23(25-13-14-26-24)19-8-7-15-27(18-19)16-17-29-20-9-3-2-4-10-20/h2-6,9-14,19H,7-8,15-18H2,1H3/t19-/m1/s1. The van der Waals surface area contributed by atoms with Gasteiger partial charge in [-0.15, -0.1) is 0 Å². The number of aromatic nitrogens is 2. The number of benzene rings is 2. The van der Waals surface area contributed by atoms with Crippen molar-refractivity contribution in [1.29, 1.82) is 0 Å². The summed E-state index contributed by atoms with van der Waals surface area (Å²) < 4.78 is 11.5. The minimum atomic E-state index is 0.356. The normalized spacial score (nSPS) is 17.1. The quantitative estimate of drug-likeness (QED) is 0.599. The zero-order chi connectivity index (χ0) is 19.9. The number of rotatable bonds is 7. The molecule has 5 heteroatoms. The number of nitrogens with zero attached hydrogens (tertiary/aromatic N) is 3. The Balaban J connectivity index is 1.46. The van der Waals surface area contributed by atoms with Crippen LogP contribution in [0.3, 0.4) is 0 Å². The van der Waals surface area contributed by atoms with E-state index in [1.807, 2.05) is 48.5 Å². The molecule has 150 valence electrons. The number of piperidine rings is 1. The van der Waals surface area contributed by atoms with Gasteiger partial charge >= 0.3 is 0 Å². The van der Waals surface area contributed by atoms with Gasteiger partial charge in [0.2, 0.25) is 0 Å². The molecule has 0 radical (unpaired) electrons. The molecule has 5 nitrogen and oxygen atoms in total. The molecule has 4 rings (SSSR count). The SMILES string of the molecule is COc1ccccc1-c1nccnc1[C@@H]1CCCN(CCOc2ccccc2)C1. The molecule has 3 aromatic rings. The van der Waals surface area contributed by atoms with Crippen molar-refractivity contribution >= 4 is 0 Å². The molecule has 1 aliphatic heterocycles. The van der Waals surface area contributed by atoms with Crippen molar-refractivity contribution < 1.29 is 9.47 Å². The van der Waals surface area contributed by atoms with Crippen molar-refractivity contribution in [3.8, 4) is 22.8 Å². The molecule has 2 heterocycles.